The van der Waals surface area contributed by atoms with E-state index in [0.717, 1.165) is 17.2 Å². The molecule has 3 aromatic carbocycles. The standard InChI is InChI=1S/C16H18O2.C14H18O4/c1-4-11(2)12-9-10-15(16(17)18-3)14-8-6-5-7-13(12)14;1-5-14(2,3)13(16)18-11-8-6-10(7-9-11)12(15)17-4/h5-11H,4H2,1-3H3;6-9H,5H2,1-4H3. The van der Waals surface area contributed by atoms with Crippen LogP contribution in [0.5, 0.6) is 5.75 Å². The van der Waals surface area contributed by atoms with Crippen LogP contribution in [-0.4, -0.2) is 32.1 Å². The molecular weight excluding hydrogens is 456 g/mol. The lowest BCUT2D eigenvalue weighted by molar-refractivity contribution is -0.144. The molecule has 192 valence electrons. The fourth-order valence-corrected chi connectivity index (χ4v) is 3.43. The molecule has 1 unspecified atom stereocenters. The number of carbonyl (C=O) groups is 3. The number of ether oxygens (including phenoxy) is 3. The van der Waals surface area contributed by atoms with E-state index in [1.54, 1.807) is 24.3 Å². The number of esters is 3. The van der Waals surface area contributed by atoms with Crippen LogP contribution in [0.1, 0.15) is 79.7 Å². The van der Waals surface area contributed by atoms with E-state index in [4.69, 9.17) is 9.47 Å². The Bertz CT molecular complexity index is 1190. The van der Waals surface area contributed by atoms with Crippen LogP contribution in [0.2, 0.25) is 0 Å². The second kappa shape index (κ2) is 12.9. The Labute approximate surface area is 213 Å². The van der Waals surface area contributed by atoms with Crippen LogP contribution >= 0.6 is 0 Å². The number of hydrogen-bond acceptors (Lipinski definition) is 6. The molecule has 36 heavy (non-hydrogen) atoms. The molecule has 0 spiro atoms. The van der Waals surface area contributed by atoms with Gasteiger partial charge in [0.05, 0.1) is 30.8 Å². The first kappa shape index (κ1) is 28.6. The summed E-state index contributed by atoms with van der Waals surface area (Å²) in [5, 5.41) is 2.12. The molecule has 3 rings (SSSR count). The third kappa shape index (κ3) is 6.94. The second-order valence-electron chi connectivity index (χ2n) is 9.19. The number of rotatable bonds is 7. The monoisotopic (exact) mass is 492 g/mol. The first-order valence-corrected chi connectivity index (χ1v) is 12.1. The fraction of sp³-hybridized carbons (Fsp3) is 0.367. The van der Waals surface area contributed by atoms with Gasteiger partial charge in [-0.25, -0.2) is 9.59 Å². The summed E-state index contributed by atoms with van der Waals surface area (Å²) in [6.45, 7) is 9.98. The molecule has 0 aliphatic rings. The minimum Gasteiger partial charge on any atom is -0.465 e. The molecule has 0 fully saturated rings. The lowest BCUT2D eigenvalue weighted by Gasteiger charge is -2.20. The van der Waals surface area contributed by atoms with E-state index in [1.807, 2.05) is 51.1 Å². The molecule has 1 atom stereocenters. The molecular formula is C30H36O6. The Morgan fingerprint density at radius 2 is 1.39 bits per heavy atom. The zero-order valence-electron chi connectivity index (χ0n) is 22.2. The van der Waals surface area contributed by atoms with Gasteiger partial charge in [0.15, 0.2) is 0 Å². The van der Waals surface area contributed by atoms with E-state index < -0.39 is 11.4 Å². The molecule has 0 bridgehead atoms. The summed E-state index contributed by atoms with van der Waals surface area (Å²) in [5.74, 6) is -0.0599. The third-order valence-electron chi connectivity index (χ3n) is 6.43. The lowest BCUT2D eigenvalue weighted by atomic mass is 9.91. The molecule has 0 heterocycles. The summed E-state index contributed by atoms with van der Waals surface area (Å²) in [5.41, 5.74) is 1.84. The molecule has 0 aromatic heterocycles. The van der Waals surface area contributed by atoms with E-state index in [9.17, 15) is 14.4 Å². The predicted molar refractivity (Wildman–Crippen MR) is 141 cm³/mol. The van der Waals surface area contributed by atoms with Crippen molar-refractivity contribution in [2.24, 2.45) is 5.41 Å². The highest BCUT2D eigenvalue weighted by Crippen LogP contribution is 2.30. The summed E-state index contributed by atoms with van der Waals surface area (Å²) < 4.78 is 14.7. The molecule has 3 aromatic rings. The van der Waals surface area contributed by atoms with Gasteiger partial charge in [-0.2, -0.15) is 0 Å². The first-order valence-electron chi connectivity index (χ1n) is 12.1. The van der Waals surface area contributed by atoms with Crippen LogP contribution < -0.4 is 4.74 Å². The smallest absolute Gasteiger partial charge is 0.338 e. The van der Waals surface area contributed by atoms with Crippen molar-refractivity contribution in [2.45, 2.75) is 53.4 Å². The summed E-state index contributed by atoms with van der Waals surface area (Å²) >= 11 is 0. The zero-order chi connectivity index (χ0) is 26.9. The quantitative estimate of drug-likeness (QED) is 0.262. The van der Waals surface area contributed by atoms with Gasteiger partial charge in [-0.15, -0.1) is 0 Å². The number of benzene rings is 3. The molecule has 0 aliphatic heterocycles. The summed E-state index contributed by atoms with van der Waals surface area (Å²) in [6.07, 6.45) is 1.79. The SMILES string of the molecule is CCC(C)(C)C(=O)Oc1ccc(C(=O)OC)cc1.CCC(C)c1ccc(C(=O)OC)c2ccccc12. The fourth-order valence-electron chi connectivity index (χ4n) is 3.43. The molecule has 0 aliphatic carbocycles. The first-order chi connectivity index (χ1) is 17.1. The highest BCUT2D eigenvalue weighted by molar-refractivity contribution is 6.05. The Morgan fingerprint density at radius 1 is 0.806 bits per heavy atom. The second-order valence-corrected chi connectivity index (χ2v) is 9.19. The van der Waals surface area contributed by atoms with Crippen LogP contribution in [0.25, 0.3) is 10.8 Å². The largest absolute Gasteiger partial charge is 0.465 e. The predicted octanol–water partition coefficient (Wildman–Crippen LogP) is 6.95. The Morgan fingerprint density at radius 3 is 1.92 bits per heavy atom. The summed E-state index contributed by atoms with van der Waals surface area (Å²) in [6, 6.07) is 18.2. The van der Waals surface area contributed by atoms with Gasteiger partial charge in [0.2, 0.25) is 0 Å². The van der Waals surface area contributed by atoms with E-state index in [0.29, 0.717) is 29.2 Å². The van der Waals surface area contributed by atoms with Crippen molar-refractivity contribution in [3.63, 3.8) is 0 Å². The Balaban J connectivity index is 0.000000254. The van der Waals surface area contributed by atoms with Crippen molar-refractivity contribution in [2.75, 3.05) is 14.2 Å². The van der Waals surface area contributed by atoms with E-state index in [1.165, 1.54) is 19.8 Å². The van der Waals surface area contributed by atoms with Gasteiger partial charge in [0.1, 0.15) is 5.75 Å². The van der Waals surface area contributed by atoms with E-state index in [2.05, 4.69) is 24.7 Å². The van der Waals surface area contributed by atoms with Crippen molar-refractivity contribution in [3.05, 3.63) is 77.4 Å². The van der Waals surface area contributed by atoms with Gasteiger partial charge in [0, 0.05) is 0 Å². The van der Waals surface area contributed by atoms with Gasteiger partial charge < -0.3 is 14.2 Å². The van der Waals surface area contributed by atoms with Gasteiger partial charge in [-0.05, 0) is 79.3 Å². The molecule has 6 nitrogen and oxygen atoms in total. The Hall–Kier alpha value is -3.67. The normalized spacial score (nSPS) is 11.6. The van der Waals surface area contributed by atoms with Crippen LogP contribution in [0.15, 0.2) is 60.7 Å². The maximum absolute atomic E-state index is 11.8. The van der Waals surface area contributed by atoms with Gasteiger partial charge >= 0.3 is 17.9 Å². The molecule has 0 N–H and O–H groups in total. The number of fused-ring (bicyclic) bond motifs is 1. The Kier molecular flexibility index (Phi) is 10.2. The highest BCUT2D eigenvalue weighted by Gasteiger charge is 2.27. The van der Waals surface area contributed by atoms with Gasteiger partial charge in [-0.3, -0.25) is 4.79 Å². The minimum atomic E-state index is -0.513. The summed E-state index contributed by atoms with van der Waals surface area (Å²) in [4.78, 5) is 34.8. The lowest BCUT2D eigenvalue weighted by Crippen LogP contribution is -2.28. The third-order valence-corrected chi connectivity index (χ3v) is 6.43. The van der Waals surface area contributed by atoms with E-state index >= 15 is 0 Å². The molecule has 0 saturated carbocycles. The van der Waals surface area contributed by atoms with Crippen molar-refractivity contribution >= 4 is 28.7 Å². The number of methoxy groups -OCH3 is 2. The number of carbonyl (C=O) groups excluding carboxylic acids is 3. The molecule has 0 saturated heterocycles. The van der Waals surface area contributed by atoms with Crippen LogP contribution in [-0.2, 0) is 14.3 Å². The van der Waals surface area contributed by atoms with Crippen LogP contribution in [0, 0.1) is 5.41 Å². The zero-order valence-corrected chi connectivity index (χ0v) is 22.2. The van der Waals surface area contributed by atoms with E-state index in [-0.39, 0.29) is 11.9 Å². The van der Waals surface area contributed by atoms with Gasteiger partial charge in [0.25, 0.3) is 0 Å². The number of hydrogen-bond donors (Lipinski definition) is 0. The van der Waals surface area contributed by atoms with Crippen molar-refractivity contribution in [1.82, 2.24) is 0 Å². The average molecular weight is 493 g/mol. The summed E-state index contributed by atoms with van der Waals surface area (Å²) in [7, 11) is 2.74. The van der Waals surface area contributed by atoms with Crippen molar-refractivity contribution in [1.29, 1.82) is 0 Å². The maximum Gasteiger partial charge on any atom is 0.338 e. The van der Waals surface area contributed by atoms with Crippen molar-refractivity contribution in [3.8, 4) is 5.75 Å². The van der Waals surface area contributed by atoms with Crippen LogP contribution in [0.3, 0.4) is 0 Å². The average Bonchev–Trinajstić information content (AvgIpc) is 2.91. The maximum atomic E-state index is 11.8. The topological polar surface area (TPSA) is 78.9 Å². The molecule has 0 amide bonds. The highest BCUT2D eigenvalue weighted by atomic mass is 16.5. The van der Waals surface area contributed by atoms with Crippen molar-refractivity contribution < 1.29 is 28.6 Å². The minimum absolute atomic E-state index is 0.276. The molecule has 6 heteroatoms. The molecule has 0 radical (unpaired) electrons. The van der Waals surface area contributed by atoms with Crippen LogP contribution in [0.4, 0.5) is 0 Å². The van der Waals surface area contributed by atoms with Gasteiger partial charge in [-0.1, -0.05) is 51.1 Å².